The minimum Gasteiger partial charge on any atom is -0.426 e. The van der Waals surface area contributed by atoms with Gasteiger partial charge in [-0.3, -0.25) is 4.79 Å². The third-order valence-corrected chi connectivity index (χ3v) is 6.04. The Balaban J connectivity index is 1.45. The molecule has 1 heterocycles. The van der Waals surface area contributed by atoms with Crippen molar-refractivity contribution in [2.75, 3.05) is 0 Å². The Bertz CT molecular complexity index is 900. The molecular weight excluding hydrogens is 393 g/mol. The van der Waals surface area contributed by atoms with Crippen LogP contribution in [-0.4, -0.2) is 16.2 Å². The van der Waals surface area contributed by atoms with Crippen LogP contribution in [0.5, 0.6) is 5.75 Å². The number of benzene rings is 1. The van der Waals surface area contributed by atoms with E-state index < -0.39 is 5.82 Å². The van der Waals surface area contributed by atoms with Gasteiger partial charge in [0.25, 0.3) is 0 Å². The van der Waals surface area contributed by atoms with Gasteiger partial charge in [0, 0.05) is 12.0 Å². The fraction of sp³-hybridized carbons (Fsp3) is 0.520. The van der Waals surface area contributed by atoms with Gasteiger partial charge < -0.3 is 4.74 Å². The van der Waals surface area contributed by atoms with Crippen molar-refractivity contribution in [1.29, 1.82) is 5.26 Å². The van der Waals surface area contributed by atoms with Gasteiger partial charge >= 0.3 is 5.97 Å². The van der Waals surface area contributed by atoms with E-state index in [-0.39, 0.29) is 23.2 Å². The smallest absolute Gasteiger partial charge is 0.314 e. The molecule has 0 atom stereocenters. The fourth-order valence-corrected chi connectivity index (χ4v) is 4.11. The molecule has 0 radical (unpaired) electrons. The molecule has 1 aromatic heterocycles. The molecule has 1 saturated carbocycles. The highest BCUT2D eigenvalue weighted by molar-refractivity contribution is 5.75. The van der Waals surface area contributed by atoms with Crippen LogP contribution in [0.2, 0.25) is 0 Å². The molecule has 0 amide bonds. The summed E-state index contributed by atoms with van der Waals surface area (Å²) in [5.41, 5.74) is 1.98. The fourth-order valence-electron chi connectivity index (χ4n) is 4.11. The molecule has 1 aliphatic carbocycles. The molecule has 0 spiro atoms. The summed E-state index contributed by atoms with van der Waals surface area (Å²) in [6.07, 6.45) is 10.3. The summed E-state index contributed by atoms with van der Waals surface area (Å²) < 4.78 is 19.0. The average Bonchev–Trinajstić information content (AvgIpc) is 2.79. The first-order valence-electron chi connectivity index (χ1n) is 11.3. The number of ether oxygens (including phenoxy) is 1. The van der Waals surface area contributed by atoms with Crippen molar-refractivity contribution in [3.8, 4) is 11.8 Å². The molecule has 2 aromatic rings. The highest BCUT2D eigenvalue weighted by Crippen LogP contribution is 2.35. The van der Waals surface area contributed by atoms with Gasteiger partial charge in [0.2, 0.25) is 0 Å². The van der Waals surface area contributed by atoms with Crippen molar-refractivity contribution < 1.29 is 13.9 Å². The largest absolute Gasteiger partial charge is 0.426 e. The van der Waals surface area contributed by atoms with E-state index >= 15 is 0 Å². The Morgan fingerprint density at radius 3 is 2.52 bits per heavy atom. The topological polar surface area (TPSA) is 75.9 Å². The third kappa shape index (κ3) is 6.58. The van der Waals surface area contributed by atoms with Crippen LogP contribution in [0.15, 0.2) is 30.3 Å². The van der Waals surface area contributed by atoms with Gasteiger partial charge in [-0.25, -0.2) is 4.39 Å². The molecular formula is C25H30FN3O2. The van der Waals surface area contributed by atoms with Crippen LogP contribution in [-0.2, 0) is 11.2 Å². The lowest BCUT2D eigenvalue weighted by molar-refractivity contribution is -0.140. The third-order valence-electron chi connectivity index (χ3n) is 6.04. The zero-order chi connectivity index (χ0) is 22.1. The lowest BCUT2D eigenvalue weighted by Crippen LogP contribution is -2.25. The maximum atomic E-state index is 13.7. The van der Waals surface area contributed by atoms with Gasteiger partial charge in [-0.15, -0.1) is 0 Å². The minimum absolute atomic E-state index is 0.0658. The zero-order valence-electron chi connectivity index (χ0n) is 18.1. The molecule has 5 nitrogen and oxygen atoms in total. The quantitative estimate of drug-likeness (QED) is 0.286. The Morgan fingerprint density at radius 1 is 1.10 bits per heavy atom. The molecule has 0 unspecified atom stereocenters. The average molecular weight is 424 g/mol. The maximum Gasteiger partial charge on any atom is 0.314 e. The lowest BCUT2D eigenvalue weighted by atomic mass is 9.80. The van der Waals surface area contributed by atoms with Gasteiger partial charge in [-0.2, -0.15) is 15.5 Å². The van der Waals surface area contributed by atoms with Crippen LogP contribution < -0.4 is 4.74 Å². The number of nitrogens with zero attached hydrogens (tertiary/aromatic N) is 3. The SMILES string of the molecule is CCCCCCCc1ccc(C2CCC(C(=O)Oc3ccc(C#N)c(F)c3)CC2)nn1. The van der Waals surface area contributed by atoms with Gasteiger partial charge in [0.15, 0.2) is 0 Å². The molecule has 0 saturated heterocycles. The summed E-state index contributed by atoms with van der Waals surface area (Å²) in [7, 11) is 0. The summed E-state index contributed by atoms with van der Waals surface area (Å²) in [6.45, 7) is 2.22. The molecule has 1 aliphatic rings. The summed E-state index contributed by atoms with van der Waals surface area (Å²) >= 11 is 0. The first-order chi connectivity index (χ1) is 15.1. The summed E-state index contributed by atoms with van der Waals surface area (Å²) in [5, 5.41) is 17.6. The van der Waals surface area contributed by atoms with Crippen molar-refractivity contribution in [3.05, 3.63) is 53.1 Å². The molecule has 1 aromatic carbocycles. The van der Waals surface area contributed by atoms with Crippen molar-refractivity contribution in [2.45, 2.75) is 77.0 Å². The number of nitriles is 1. The molecule has 0 N–H and O–H groups in total. The number of unbranched alkanes of at least 4 members (excludes halogenated alkanes) is 4. The predicted octanol–water partition coefficient (Wildman–Crippen LogP) is 5.88. The Morgan fingerprint density at radius 2 is 1.87 bits per heavy atom. The normalized spacial score (nSPS) is 18.4. The van der Waals surface area contributed by atoms with E-state index in [9.17, 15) is 9.18 Å². The van der Waals surface area contributed by atoms with E-state index in [1.807, 2.05) is 0 Å². The van der Waals surface area contributed by atoms with E-state index in [4.69, 9.17) is 10.00 Å². The second kappa shape index (κ2) is 11.5. The monoisotopic (exact) mass is 423 g/mol. The predicted molar refractivity (Wildman–Crippen MR) is 116 cm³/mol. The number of hydrogen-bond donors (Lipinski definition) is 0. The van der Waals surface area contributed by atoms with E-state index in [2.05, 4.69) is 29.3 Å². The summed E-state index contributed by atoms with van der Waals surface area (Å²) in [4.78, 5) is 12.4. The standard InChI is InChI=1S/C25H30FN3O2/c1-2-3-4-5-6-7-21-13-15-24(29-28-21)18-8-10-19(11-9-18)25(30)31-22-14-12-20(17-27)23(26)16-22/h12-16,18-19H,2-11H2,1H3. The Kier molecular flexibility index (Phi) is 8.52. The highest BCUT2D eigenvalue weighted by Gasteiger charge is 2.29. The van der Waals surface area contributed by atoms with Crippen molar-refractivity contribution in [3.63, 3.8) is 0 Å². The first kappa shape index (κ1) is 22.9. The number of halogens is 1. The van der Waals surface area contributed by atoms with E-state index in [1.54, 1.807) is 6.07 Å². The van der Waals surface area contributed by atoms with Crippen molar-refractivity contribution in [1.82, 2.24) is 10.2 Å². The summed E-state index contributed by atoms with van der Waals surface area (Å²) in [5.74, 6) is -0.779. The lowest BCUT2D eigenvalue weighted by Gasteiger charge is -2.26. The van der Waals surface area contributed by atoms with Crippen LogP contribution in [0.4, 0.5) is 4.39 Å². The number of hydrogen-bond acceptors (Lipinski definition) is 5. The number of carbonyl (C=O) groups excluding carboxylic acids is 1. The van der Waals surface area contributed by atoms with Crippen LogP contribution in [0, 0.1) is 23.1 Å². The van der Waals surface area contributed by atoms with Crippen LogP contribution in [0.1, 0.15) is 87.6 Å². The second-order valence-electron chi connectivity index (χ2n) is 8.34. The minimum atomic E-state index is -0.681. The highest BCUT2D eigenvalue weighted by atomic mass is 19.1. The number of aromatic nitrogens is 2. The van der Waals surface area contributed by atoms with Crippen LogP contribution in [0.3, 0.4) is 0 Å². The molecule has 164 valence electrons. The molecule has 6 heteroatoms. The Hall–Kier alpha value is -2.81. The van der Waals surface area contributed by atoms with Gasteiger partial charge in [0.1, 0.15) is 17.6 Å². The van der Waals surface area contributed by atoms with E-state index in [0.717, 1.165) is 43.1 Å². The van der Waals surface area contributed by atoms with Gasteiger partial charge in [-0.05, 0) is 62.8 Å². The van der Waals surface area contributed by atoms with Crippen molar-refractivity contribution >= 4 is 5.97 Å². The summed E-state index contributed by atoms with van der Waals surface area (Å²) in [6, 6.07) is 9.78. The van der Waals surface area contributed by atoms with E-state index in [0.29, 0.717) is 18.8 Å². The Labute approximate surface area is 183 Å². The number of carbonyl (C=O) groups is 1. The first-order valence-corrected chi connectivity index (χ1v) is 11.3. The molecule has 31 heavy (non-hydrogen) atoms. The molecule has 1 fully saturated rings. The molecule has 0 bridgehead atoms. The second-order valence-corrected chi connectivity index (χ2v) is 8.34. The molecule has 0 aliphatic heterocycles. The number of esters is 1. The van der Waals surface area contributed by atoms with E-state index in [1.165, 1.54) is 37.8 Å². The number of rotatable bonds is 9. The molecule has 3 rings (SSSR count). The zero-order valence-corrected chi connectivity index (χ0v) is 18.1. The maximum absolute atomic E-state index is 13.7. The van der Waals surface area contributed by atoms with Gasteiger partial charge in [-0.1, -0.05) is 32.6 Å². The van der Waals surface area contributed by atoms with Crippen LogP contribution in [0.25, 0.3) is 0 Å². The van der Waals surface area contributed by atoms with Gasteiger partial charge in [0.05, 0.1) is 22.9 Å². The van der Waals surface area contributed by atoms with Crippen molar-refractivity contribution in [2.24, 2.45) is 5.92 Å². The number of aryl methyl sites for hydroxylation is 1. The van der Waals surface area contributed by atoms with Crippen LogP contribution >= 0.6 is 0 Å².